The predicted molar refractivity (Wildman–Crippen MR) is 101 cm³/mol. The third-order valence-electron chi connectivity index (χ3n) is 4.78. The van der Waals surface area contributed by atoms with Crippen LogP contribution in [-0.2, 0) is 17.6 Å². The summed E-state index contributed by atoms with van der Waals surface area (Å²) >= 11 is 6.15. The largest absolute Gasteiger partial charge is 0.484 e. The van der Waals surface area contributed by atoms with Crippen molar-refractivity contribution in [2.75, 3.05) is 6.61 Å². The van der Waals surface area contributed by atoms with Crippen molar-refractivity contribution in [1.82, 2.24) is 5.32 Å². The monoisotopic (exact) mass is 357 g/mol. The Balaban J connectivity index is 1.57. The lowest BCUT2D eigenvalue weighted by atomic mass is 10.0. The summed E-state index contributed by atoms with van der Waals surface area (Å²) in [6.07, 6.45) is 3.54. The maximum atomic E-state index is 12.2. The third-order valence-corrected chi connectivity index (χ3v) is 5.38. The second-order valence-corrected chi connectivity index (χ2v) is 7.21. The molecule has 1 aliphatic carbocycles. The second-order valence-electron chi connectivity index (χ2n) is 6.83. The van der Waals surface area contributed by atoms with E-state index in [0.29, 0.717) is 5.75 Å². The van der Waals surface area contributed by atoms with Crippen molar-refractivity contribution >= 4 is 17.5 Å². The molecule has 3 nitrogen and oxygen atoms in total. The molecule has 1 N–H and O–H groups in total. The number of rotatable bonds is 5. The van der Waals surface area contributed by atoms with E-state index in [2.05, 4.69) is 23.5 Å². The number of amides is 1. The number of ether oxygens (including phenoxy) is 1. The van der Waals surface area contributed by atoms with Crippen molar-refractivity contribution in [3.05, 3.63) is 63.2 Å². The number of benzene rings is 2. The Morgan fingerprint density at radius 2 is 1.84 bits per heavy atom. The average molecular weight is 358 g/mol. The summed E-state index contributed by atoms with van der Waals surface area (Å²) in [7, 11) is 0. The van der Waals surface area contributed by atoms with Gasteiger partial charge in [0, 0.05) is 5.02 Å². The number of hydrogen-bond donors (Lipinski definition) is 1. The Kier molecular flexibility index (Phi) is 5.33. The summed E-state index contributed by atoms with van der Waals surface area (Å²) in [5.74, 6) is 0.540. The van der Waals surface area contributed by atoms with Gasteiger partial charge in [0.25, 0.3) is 5.91 Å². The van der Waals surface area contributed by atoms with Crippen molar-refractivity contribution < 1.29 is 9.53 Å². The Morgan fingerprint density at radius 1 is 1.16 bits per heavy atom. The summed E-state index contributed by atoms with van der Waals surface area (Å²) in [4.78, 5) is 12.2. The van der Waals surface area contributed by atoms with E-state index in [-0.39, 0.29) is 18.6 Å². The summed E-state index contributed by atoms with van der Waals surface area (Å²) in [5.41, 5.74) is 5.90. The van der Waals surface area contributed by atoms with Crippen molar-refractivity contribution in [2.45, 2.75) is 46.1 Å². The molecule has 1 unspecified atom stereocenters. The Morgan fingerprint density at radius 3 is 2.56 bits per heavy atom. The molecule has 0 radical (unpaired) electrons. The molecule has 4 heteroatoms. The fourth-order valence-corrected chi connectivity index (χ4v) is 3.48. The van der Waals surface area contributed by atoms with Crippen molar-refractivity contribution in [2.24, 2.45) is 0 Å². The molecule has 1 atom stereocenters. The van der Waals surface area contributed by atoms with Gasteiger partial charge in [0.1, 0.15) is 5.75 Å². The van der Waals surface area contributed by atoms with E-state index in [9.17, 15) is 4.79 Å². The molecule has 1 amide bonds. The molecular formula is C21H24ClNO2. The zero-order valence-corrected chi connectivity index (χ0v) is 15.7. The Bertz CT molecular complexity index is 777. The average Bonchev–Trinajstić information content (AvgIpc) is 3.05. The summed E-state index contributed by atoms with van der Waals surface area (Å²) in [6, 6.07) is 10.2. The smallest absolute Gasteiger partial charge is 0.258 e. The molecule has 0 saturated heterocycles. The van der Waals surface area contributed by atoms with E-state index < -0.39 is 0 Å². The van der Waals surface area contributed by atoms with E-state index in [1.54, 1.807) is 0 Å². The van der Waals surface area contributed by atoms with Crippen LogP contribution in [-0.4, -0.2) is 12.5 Å². The maximum absolute atomic E-state index is 12.2. The van der Waals surface area contributed by atoms with Crippen LogP contribution in [0, 0.1) is 13.8 Å². The maximum Gasteiger partial charge on any atom is 0.258 e. The molecular weight excluding hydrogens is 334 g/mol. The van der Waals surface area contributed by atoms with Gasteiger partial charge in [-0.25, -0.2) is 0 Å². The molecule has 0 bridgehead atoms. The fraction of sp³-hybridized carbons (Fsp3) is 0.381. The molecule has 0 aliphatic heterocycles. The van der Waals surface area contributed by atoms with Crippen molar-refractivity contribution in [3.8, 4) is 5.75 Å². The van der Waals surface area contributed by atoms with Gasteiger partial charge in [0.05, 0.1) is 6.04 Å². The Hall–Kier alpha value is -2.00. The van der Waals surface area contributed by atoms with Gasteiger partial charge in [-0.1, -0.05) is 29.8 Å². The second kappa shape index (κ2) is 7.49. The molecule has 132 valence electrons. The minimum Gasteiger partial charge on any atom is -0.484 e. The van der Waals surface area contributed by atoms with Gasteiger partial charge in [0.2, 0.25) is 0 Å². The zero-order chi connectivity index (χ0) is 18.0. The predicted octanol–water partition coefficient (Wildman–Crippen LogP) is 4.70. The molecule has 2 aromatic rings. The van der Waals surface area contributed by atoms with Gasteiger partial charge in [-0.2, -0.15) is 0 Å². The first-order chi connectivity index (χ1) is 11.9. The van der Waals surface area contributed by atoms with Crippen LogP contribution in [0.2, 0.25) is 5.02 Å². The van der Waals surface area contributed by atoms with Crippen LogP contribution in [0.5, 0.6) is 5.75 Å². The number of carbonyl (C=O) groups excluding carboxylic acids is 1. The molecule has 3 rings (SSSR count). The topological polar surface area (TPSA) is 38.3 Å². The van der Waals surface area contributed by atoms with E-state index in [1.165, 1.54) is 24.0 Å². The highest BCUT2D eigenvalue weighted by molar-refractivity contribution is 6.32. The first-order valence-electron chi connectivity index (χ1n) is 8.74. The lowest BCUT2D eigenvalue weighted by Crippen LogP contribution is -2.31. The highest BCUT2D eigenvalue weighted by atomic mass is 35.5. The van der Waals surface area contributed by atoms with E-state index >= 15 is 0 Å². The normalized spacial score (nSPS) is 14.1. The lowest BCUT2D eigenvalue weighted by molar-refractivity contribution is -0.123. The van der Waals surface area contributed by atoms with Gasteiger partial charge < -0.3 is 10.1 Å². The van der Waals surface area contributed by atoms with Crippen LogP contribution in [0.15, 0.2) is 30.3 Å². The van der Waals surface area contributed by atoms with E-state index in [0.717, 1.165) is 28.1 Å². The van der Waals surface area contributed by atoms with Gasteiger partial charge in [-0.3, -0.25) is 4.79 Å². The highest BCUT2D eigenvalue weighted by Gasteiger charge is 2.15. The quantitative estimate of drug-likeness (QED) is 0.842. The first-order valence-corrected chi connectivity index (χ1v) is 9.12. The van der Waals surface area contributed by atoms with E-state index in [4.69, 9.17) is 16.3 Å². The van der Waals surface area contributed by atoms with Crippen molar-refractivity contribution in [3.63, 3.8) is 0 Å². The molecule has 0 spiro atoms. The van der Waals surface area contributed by atoms with Crippen LogP contribution < -0.4 is 10.1 Å². The molecule has 2 aromatic carbocycles. The number of hydrogen-bond acceptors (Lipinski definition) is 2. The molecule has 0 heterocycles. The van der Waals surface area contributed by atoms with Crippen LogP contribution in [0.25, 0.3) is 0 Å². The van der Waals surface area contributed by atoms with Gasteiger partial charge in [-0.15, -0.1) is 0 Å². The molecule has 0 saturated carbocycles. The SMILES string of the molecule is Cc1cc(OCC(=O)NC(C)c2ccc3c(c2)CCC3)cc(C)c1Cl. The first kappa shape index (κ1) is 17.8. The number of carbonyl (C=O) groups is 1. The summed E-state index contributed by atoms with van der Waals surface area (Å²) in [6.45, 7) is 5.86. The summed E-state index contributed by atoms with van der Waals surface area (Å²) < 4.78 is 5.62. The zero-order valence-electron chi connectivity index (χ0n) is 15.0. The number of fused-ring (bicyclic) bond motifs is 1. The summed E-state index contributed by atoms with van der Waals surface area (Å²) in [5, 5.41) is 3.75. The van der Waals surface area contributed by atoms with Crippen LogP contribution in [0.4, 0.5) is 0 Å². The number of halogens is 1. The van der Waals surface area contributed by atoms with Crippen molar-refractivity contribution in [1.29, 1.82) is 0 Å². The Labute approximate surface area is 154 Å². The standard InChI is InChI=1S/C21H24ClNO2/c1-13-9-19(10-14(2)21(13)22)25-12-20(24)23-15(3)17-8-7-16-5-4-6-18(16)11-17/h7-11,15H,4-6,12H2,1-3H3,(H,23,24). The fourth-order valence-electron chi connectivity index (χ4n) is 3.37. The van der Waals surface area contributed by atoms with Gasteiger partial charge >= 0.3 is 0 Å². The number of aryl methyl sites for hydroxylation is 4. The van der Waals surface area contributed by atoms with Gasteiger partial charge in [-0.05, 0) is 80.0 Å². The molecule has 0 aromatic heterocycles. The minimum atomic E-state index is -0.127. The van der Waals surface area contributed by atoms with Gasteiger partial charge in [0.15, 0.2) is 6.61 Å². The molecule has 0 fully saturated rings. The van der Waals surface area contributed by atoms with E-state index in [1.807, 2.05) is 32.9 Å². The lowest BCUT2D eigenvalue weighted by Gasteiger charge is -2.16. The van der Waals surface area contributed by atoms with Crippen LogP contribution >= 0.6 is 11.6 Å². The highest BCUT2D eigenvalue weighted by Crippen LogP contribution is 2.26. The molecule has 1 aliphatic rings. The number of nitrogens with one attached hydrogen (secondary N) is 1. The minimum absolute atomic E-state index is 0.00417. The van der Waals surface area contributed by atoms with Crippen LogP contribution in [0.3, 0.4) is 0 Å². The van der Waals surface area contributed by atoms with Crippen LogP contribution in [0.1, 0.15) is 47.2 Å². The molecule has 25 heavy (non-hydrogen) atoms. The third kappa shape index (κ3) is 4.16.